The summed E-state index contributed by atoms with van der Waals surface area (Å²) in [6.45, 7) is 6.11. The molecule has 0 atom stereocenters. The van der Waals surface area contributed by atoms with Gasteiger partial charge in [-0.15, -0.1) is 0 Å². The second-order valence-electron chi connectivity index (χ2n) is 6.29. The van der Waals surface area contributed by atoms with Gasteiger partial charge in [0, 0.05) is 17.1 Å². The number of nitrogens with one attached hydrogen (secondary N) is 2. The molecule has 2 amide bonds. The van der Waals surface area contributed by atoms with Gasteiger partial charge < -0.3 is 9.30 Å². The third-order valence-corrected chi connectivity index (χ3v) is 4.41. The van der Waals surface area contributed by atoms with Crippen molar-refractivity contribution in [2.24, 2.45) is 0 Å². The molecule has 3 aromatic rings. The SMILES string of the molecule is CCOc1ccccc1C(=O)NNC(=O)c1cc(C)n(-c2ccccc2)c1C. The first-order valence-electron chi connectivity index (χ1n) is 9.09. The van der Waals surface area contributed by atoms with Crippen LogP contribution < -0.4 is 15.6 Å². The van der Waals surface area contributed by atoms with Crippen LogP contribution in [0.5, 0.6) is 5.75 Å². The molecule has 0 unspecified atom stereocenters. The number of hydrazine groups is 1. The number of hydrogen-bond donors (Lipinski definition) is 2. The molecule has 28 heavy (non-hydrogen) atoms. The van der Waals surface area contributed by atoms with Crippen LogP contribution in [-0.4, -0.2) is 23.0 Å². The van der Waals surface area contributed by atoms with Crippen molar-refractivity contribution in [3.05, 3.63) is 83.2 Å². The van der Waals surface area contributed by atoms with Gasteiger partial charge in [0.15, 0.2) is 0 Å². The monoisotopic (exact) mass is 377 g/mol. The molecule has 2 N–H and O–H groups in total. The van der Waals surface area contributed by atoms with Gasteiger partial charge in [-0.25, -0.2) is 0 Å². The molecule has 0 fully saturated rings. The van der Waals surface area contributed by atoms with Crippen molar-refractivity contribution in [1.29, 1.82) is 0 Å². The van der Waals surface area contributed by atoms with Crippen molar-refractivity contribution in [3.8, 4) is 11.4 Å². The Labute approximate surface area is 164 Å². The normalized spacial score (nSPS) is 10.4. The first-order valence-corrected chi connectivity index (χ1v) is 9.09. The third kappa shape index (κ3) is 3.91. The van der Waals surface area contributed by atoms with Crippen LogP contribution in [0.3, 0.4) is 0 Å². The van der Waals surface area contributed by atoms with Crippen molar-refractivity contribution < 1.29 is 14.3 Å². The van der Waals surface area contributed by atoms with Crippen LogP contribution in [0.1, 0.15) is 39.0 Å². The lowest BCUT2D eigenvalue weighted by Crippen LogP contribution is -2.41. The van der Waals surface area contributed by atoms with E-state index in [1.807, 2.05) is 55.7 Å². The highest BCUT2D eigenvalue weighted by Crippen LogP contribution is 2.21. The van der Waals surface area contributed by atoms with Crippen LogP contribution in [0.15, 0.2) is 60.7 Å². The molecule has 0 radical (unpaired) electrons. The lowest BCUT2D eigenvalue weighted by Gasteiger charge is -2.12. The molecule has 0 aliphatic rings. The second-order valence-corrected chi connectivity index (χ2v) is 6.29. The third-order valence-electron chi connectivity index (χ3n) is 4.41. The average Bonchev–Trinajstić information content (AvgIpc) is 3.01. The molecule has 144 valence electrons. The molecule has 6 nitrogen and oxygen atoms in total. The molecule has 6 heteroatoms. The first kappa shape index (κ1) is 19.2. The largest absolute Gasteiger partial charge is 0.493 e. The molecule has 0 aliphatic carbocycles. The summed E-state index contributed by atoms with van der Waals surface area (Å²) >= 11 is 0. The molecule has 2 aromatic carbocycles. The minimum atomic E-state index is -0.436. The van der Waals surface area contributed by atoms with Gasteiger partial charge in [-0.2, -0.15) is 0 Å². The van der Waals surface area contributed by atoms with Crippen LogP contribution in [0, 0.1) is 13.8 Å². The number of aromatic nitrogens is 1. The molecule has 0 saturated heterocycles. The van der Waals surface area contributed by atoms with E-state index in [2.05, 4.69) is 10.9 Å². The maximum atomic E-state index is 12.6. The first-order chi connectivity index (χ1) is 13.5. The van der Waals surface area contributed by atoms with Crippen LogP contribution >= 0.6 is 0 Å². The van der Waals surface area contributed by atoms with E-state index in [1.54, 1.807) is 30.3 Å². The summed E-state index contributed by atoms with van der Waals surface area (Å²) in [5.74, 6) is -0.342. The van der Waals surface area contributed by atoms with E-state index >= 15 is 0 Å². The molecule has 1 aromatic heterocycles. The van der Waals surface area contributed by atoms with Crippen molar-refractivity contribution in [3.63, 3.8) is 0 Å². The molecule has 0 spiro atoms. The molecular weight excluding hydrogens is 354 g/mol. The van der Waals surface area contributed by atoms with Crippen LogP contribution in [0.25, 0.3) is 5.69 Å². The Morgan fingerprint density at radius 1 is 0.893 bits per heavy atom. The topological polar surface area (TPSA) is 72.4 Å². The smallest absolute Gasteiger partial charge is 0.273 e. The van der Waals surface area contributed by atoms with Gasteiger partial charge in [-0.05, 0) is 51.1 Å². The number of amides is 2. The quantitative estimate of drug-likeness (QED) is 0.668. The van der Waals surface area contributed by atoms with Gasteiger partial charge in [0.05, 0.1) is 17.7 Å². The molecule has 1 heterocycles. The Morgan fingerprint density at radius 3 is 2.18 bits per heavy atom. The van der Waals surface area contributed by atoms with Gasteiger partial charge >= 0.3 is 0 Å². The van der Waals surface area contributed by atoms with Crippen LogP contribution in [0.2, 0.25) is 0 Å². The second kappa shape index (κ2) is 8.43. The van der Waals surface area contributed by atoms with Gasteiger partial charge in [0.1, 0.15) is 5.75 Å². The highest BCUT2D eigenvalue weighted by molar-refractivity contribution is 6.01. The van der Waals surface area contributed by atoms with E-state index in [0.717, 1.165) is 17.1 Å². The number of nitrogens with zero attached hydrogens (tertiary/aromatic N) is 1. The Balaban J connectivity index is 1.75. The number of ether oxygens (including phenoxy) is 1. The van der Waals surface area contributed by atoms with E-state index in [-0.39, 0.29) is 5.91 Å². The summed E-state index contributed by atoms with van der Waals surface area (Å²) in [4.78, 5) is 25.1. The molecule has 0 bridgehead atoms. The van der Waals surface area contributed by atoms with Crippen LogP contribution in [0.4, 0.5) is 0 Å². The highest BCUT2D eigenvalue weighted by Gasteiger charge is 2.18. The fourth-order valence-electron chi connectivity index (χ4n) is 3.15. The minimum absolute atomic E-state index is 0.361. The van der Waals surface area contributed by atoms with Gasteiger partial charge in [-0.1, -0.05) is 30.3 Å². The summed E-state index contributed by atoms with van der Waals surface area (Å²) in [5, 5.41) is 0. The summed E-state index contributed by atoms with van der Waals surface area (Å²) < 4.78 is 7.46. The number of hydrogen-bond acceptors (Lipinski definition) is 3. The van der Waals surface area contributed by atoms with E-state index in [0.29, 0.717) is 23.5 Å². The standard InChI is InChI=1S/C22H23N3O3/c1-4-28-20-13-9-8-12-18(20)21(26)23-24-22(27)19-14-15(2)25(16(19)3)17-10-6-5-7-11-17/h5-14H,4H2,1-3H3,(H,23,26)(H,24,27). The van der Waals surface area contributed by atoms with E-state index in [9.17, 15) is 9.59 Å². The zero-order chi connectivity index (χ0) is 20.1. The van der Waals surface area contributed by atoms with Gasteiger partial charge in [0.25, 0.3) is 11.8 Å². The number of aryl methyl sites for hydroxylation is 1. The van der Waals surface area contributed by atoms with Gasteiger partial charge in [0.2, 0.25) is 0 Å². The van der Waals surface area contributed by atoms with Crippen molar-refractivity contribution in [2.75, 3.05) is 6.61 Å². The number of benzene rings is 2. The molecule has 3 rings (SSSR count). The highest BCUT2D eigenvalue weighted by atomic mass is 16.5. The van der Waals surface area contributed by atoms with Crippen molar-refractivity contribution >= 4 is 11.8 Å². The minimum Gasteiger partial charge on any atom is -0.493 e. The predicted molar refractivity (Wildman–Crippen MR) is 108 cm³/mol. The molecule has 0 saturated carbocycles. The fraction of sp³-hybridized carbons (Fsp3) is 0.182. The van der Waals surface area contributed by atoms with Crippen molar-refractivity contribution in [1.82, 2.24) is 15.4 Å². The Kier molecular flexibility index (Phi) is 5.79. The zero-order valence-electron chi connectivity index (χ0n) is 16.2. The number of carbonyl (C=O) groups excluding carboxylic acids is 2. The zero-order valence-corrected chi connectivity index (χ0v) is 16.2. The number of rotatable bonds is 5. The maximum absolute atomic E-state index is 12.6. The molecule has 0 aliphatic heterocycles. The van der Waals surface area contributed by atoms with E-state index < -0.39 is 5.91 Å². The van der Waals surface area contributed by atoms with E-state index in [1.165, 1.54) is 0 Å². The summed E-state index contributed by atoms with van der Waals surface area (Å²) in [6, 6.07) is 18.5. The Bertz CT molecular complexity index is 994. The summed E-state index contributed by atoms with van der Waals surface area (Å²) in [6.07, 6.45) is 0. The lowest BCUT2D eigenvalue weighted by molar-refractivity contribution is 0.0844. The van der Waals surface area contributed by atoms with Crippen LogP contribution in [-0.2, 0) is 0 Å². The average molecular weight is 377 g/mol. The summed E-state index contributed by atoms with van der Waals surface area (Å²) in [5.41, 5.74) is 8.52. The number of para-hydroxylation sites is 2. The predicted octanol–water partition coefficient (Wildman–Crippen LogP) is 3.57. The molecular formula is C22H23N3O3. The summed E-state index contributed by atoms with van der Waals surface area (Å²) in [7, 11) is 0. The fourth-order valence-corrected chi connectivity index (χ4v) is 3.15. The van der Waals surface area contributed by atoms with E-state index in [4.69, 9.17) is 4.74 Å². The van der Waals surface area contributed by atoms with Crippen molar-refractivity contribution in [2.45, 2.75) is 20.8 Å². The van der Waals surface area contributed by atoms with Gasteiger partial charge in [-0.3, -0.25) is 20.4 Å². The lowest BCUT2D eigenvalue weighted by atomic mass is 10.2. The Hall–Kier alpha value is -3.54. The Morgan fingerprint density at radius 2 is 1.50 bits per heavy atom. The number of carbonyl (C=O) groups is 2. The maximum Gasteiger partial charge on any atom is 0.273 e.